The van der Waals surface area contributed by atoms with Gasteiger partial charge in [0.15, 0.2) is 5.82 Å². The van der Waals surface area contributed by atoms with E-state index in [1.807, 2.05) is 30.3 Å². The van der Waals surface area contributed by atoms with Gasteiger partial charge < -0.3 is 21.5 Å². The van der Waals surface area contributed by atoms with Crippen molar-refractivity contribution < 1.29 is 19.4 Å². The van der Waals surface area contributed by atoms with Crippen LogP contribution in [0.4, 0.5) is 11.9 Å². The summed E-state index contributed by atoms with van der Waals surface area (Å²) in [5.41, 5.74) is 10.5. The summed E-state index contributed by atoms with van der Waals surface area (Å²) in [4.78, 5) is 31.8. The molecule has 0 saturated carbocycles. The summed E-state index contributed by atoms with van der Waals surface area (Å²) in [5, 5.41) is 8.82. The van der Waals surface area contributed by atoms with E-state index in [0.29, 0.717) is 5.82 Å². The molecule has 10 heteroatoms. The van der Waals surface area contributed by atoms with E-state index in [0.717, 1.165) is 5.56 Å². The largest absolute Gasteiger partial charge is 0.481 e. The summed E-state index contributed by atoms with van der Waals surface area (Å²) >= 11 is 0. The lowest BCUT2D eigenvalue weighted by Gasteiger charge is -2.15. The number of hydrogen-bond acceptors (Lipinski definition) is 7. The molecule has 0 aliphatic carbocycles. The SMILES string of the molecule is CC(C(=O)O)P(=O)(O)c1ccccc1.Nc1nc(N)nc(-c2ccccc2)n1. The van der Waals surface area contributed by atoms with Crippen LogP contribution in [0.25, 0.3) is 11.4 Å². The minimum atomic E-state index is -3.79. The molecule has 0 spiro atoms. The Labute approximate surface area is 161 Å². The molecule has 2 unspecified atom stereocenters. The second-order valence-corrected chi connectivity index (χ2v) is 8.25. The summed E-state index contributed by atoms with van der Waals surface area (Å²) in [6.07, 6.45) is 0. The molecule has 0 radical (unpaired) electrons. The van der Waals surface area contributed by atoms with Crippen molar-refractivity contribution in [3.05, 3.63) is 60.7 Å². The second-order valence-electron chi connectivity index (χ2n) is 5.71. The number of rotatable bonds is 4. The Morgan fingerprint density at radius 3 is 1.86 bits per heavy atom. The average molecular weight is 401 g/mol. The number of benzene rings is 2. The van der Waals surface area contributed by atoms with Crippen molar-refractivity contribution in [2.75, 3.05) is 11.5 Å². The first-order valence-electron chi connectivity index (χ1n) is 8.15. The highest BCUT2D eigenvalue weighted by Gasteiger charge is 2.34. The van der Waals surface area contributed by atoms with Gasteiger partial charge in [0, 0.05) is 10.9 Å². The van der Waals surface area contributed by atoms with E-state index in [9.17, 15) is 14.3 Å². The van der Waals surface area contributed by atoms with Crippen LogP contribution < -0.4 is 16.8 Å². The molecule has 0 amide bonds. The summed E-state index contributed by atoms with van der Waals surface area (Å²) in [6, 6.07) is 17.3. The number of aromatic nitrogens is 3. The maximum absolute atomic E-state index is 11.7. The van der Waals surface area contributed by atoms with Crippen molar-refractivity contribution in [1.29, 1.82) is 0 Å². The molecule has 1 aromatic heterocycles. The van der Waals surface area contributed by atoms with Crippen LogP contribution >= 0.6 is 7.37 Å². The maximum atomic E-state index is 11.7. The Hall–Kier alpha value is -3.29. The standard InChI is InChI=1S/C9H9N5.C9H11O4P/c10-8-12-7(13-9(11)14-8)6-4-2-1-3-5-6;1-7(9(10)11)14(12,13)8-5-3-2-4-6-8/h1-5H,(H4,10,11,12,13,14);2-7H,1H3,(H,10,11)(H,12,13). The van der Waals surface area contributed by atoms with E-state index in [1.165, 1.54) is 19.1 Å². The highest BCUT2D eigenvalue weighted by molar-refractivity contribution is 7.67. The van der Waals surface area contributed by atoms with Crippen molar-refractivity contribution in [1.82, 2.24) is 15.0 Å². The van der Waals surface area contributed by atoms with Gasteiger partial charge in [-0.2, -0.15) is 15.0 Å². The molecule has 6 N–H and O–H groups in total. The van der Waals surface area contributed by atoms with E-state index >= 15 is 0 Å². The number of nitrogens with zero attached hydrogens (tertiary/aromatic N) is 3. The molecule has 3 aromatic rings. The minimum Gasteiger partial charge on any atom is -0.481 e. The zero-order valence-corrected chi connectivity index (χ0v) is 15.9. The average Bonchev–Trinajstić information content (AvgIpc) is 2.68. The van der Waals surface area contributed by atoms with Crippen LogP contribution in [0, 0.1) is 0 Å². The molecule has 0 aliphatic rings. The lowest BCUT2D eigenvalue weighted by atomic mass is 10.2. The molecule has 1 heterocycles. The lowest BCUT2D eigenvalue weighted by Crippen LogP contribution is -2.22. The topological polar surface area (TPSA) is 165 Å². The quantitative estimate of drug-likeness (QED) is 0.476. The van der Waals surface area contributed by atoms with Crippen molar-refractivity contribution >= 4 is 30.5 Å². The van der Waals surface area contributed by atoms with Crippen LogP contribution in [0.3, 0.4) is 0 Å². The van der Waals surface area contributed by atoms with Gasteiger partial charge in [0.05, 0.1) is 0 Å². The summed E-state index contributed by atoms with van der Waals surface area (Å²) in [7, 11) is -3.79. The third-order valence-electron chi connectivity index (χ3n) is 3.71. The molecular weight excluding hydrogens is 381 g/mol. The van der Waals surface area contributed by atoms with E-state index < -0.39 is 19.0 Å². The van der Waals surface area contributed by atoms with Crippen LogP contribution in [0.2, 0.25) is 0 Å². The van der Waals surface area contributed by atoms with Crippen LogP contribution in [0.5, 0.6) is 0 Å². The van der Waals surface area contributed by atoms with E-state index in [2.05, 4.69) is 15.0 Å². The Kier molecular flexibility index (Phi) is 6.81. The van der Waals surface area contributed by atoms with Crippen molar-refractivity contribution in [2.45, 2.75) is 12.6 Å². The van der Waals surface area contributed by atoms with Crippen LogP contribution in [0.15, 0.2) is 60.7 Å². The number of nitrogens with two attached hydrogens (primary N) is 2. The molecular formula is C18H20N5O4P. The first-order valence-corrected chi connectivity index (χ1v) is 9.88. The minimum absolute atomic E-state index is 0.136. The van der Waals surface area contributed by atoms with Crippen LogP contribution in [-0.2, 0) is 9.36 Å². The number of hydrogen-bond donors (Lipinski definition) is 4. The van der Waals surface area contributed by atoms with Crippen molar-refractivity contribution in [2.24, 2.45) is 0 Å². The van der Waals surface area contributed by atoms with Crippen molar-refractivity contribution in [3.8, 4) is 11.4 Å². The number of carboxylic acid groups (broad SMARTS) is 1. The molecule has 9 nitrogen and oxygen atoms in total. The number of aliphatic carboxylic acids is 1. The lowest BCUT2D eigenvalue weighted by molar-refractivity contribution is -0.136. The summed E-state index contributed by atoms with van der Waals surface area (Å²) in [6.45, 7) is 1.23. The van der Waals surface area contributed by atoms with Gasteiger partial charge in [-0.3, -0.25) is 9.36 Å². The second kappa shape index (κ2) is 9.07. The number of anilines is 2. The smallest absolute Gasteiger partial charge is 0.316 e. The fraction of sp³-hybridized carbons (Fsp3) is 0.111. The molecule has 146 valence electrons. The highest BCUT2D eigenvalue weighted by Crippen LogP contribution is 2.44. The van der Waals surface area contributed by atoms with Gasteiger partial charge in [-0.1, -0.05) is 48.5 Å². The molecule has 0 bridgehead atoms. The van der Waals surface area contributed by atoms with Gasteiger partial charge in [-0.05, 0) is 19.1 Å². The van der Waals surface area contributed by atoms with Gasteiger partial charge in [0.25, 0.3) is 0 Å². The normalized spacial score (nSPS) is 13.5. The van der Waals surface area contributed by atoms with Gasteiger partial charge in [0.1, 0.15) is 5.66 Å². The first-order chi connectivity index (χ1) is 13.2. The van der Waals surface area contributed by atoms with Gasteiger partial charge in [-0.15, -0.1) is 0 Å². The van der Waals surface area contributed by atoms with Gasteiger partial charge in [0.2, 0.25) is 19.3 Å². The number of nitrogen functional groups attached to an aromatic ring is 2. The number of carbonyl (C=O) groups is 1. The fourth-order valence-electron chi connectivity index (χ4n) is 2.14. The first kappa shape index (κ1) is 21.0. The molecule has 28 heavy (non-hydrogen) atoms. The number of carboxylic acids is 1. The molecule has 0 saturated heterocycles. The Morgan fingerprint density at radius 1 is 0.929 bits per heavy atom. The predicted molar refractivity (Wildman–Crippen MR) is 107 cm³/mol. The summed E-state index contributed by atoms with van der Waals surface area (Å²) < 4.78 is 11.7. The van der Waals surface area contributed by atoms with Gasteiger partial charge in [-0.25, -0.2) is 0 Å². The monoisotopic (exact) mass is 401 g/mol. The Morgan fingerprint density at radius 2 is 1.39 bits per heavy atom. The molecule has 0 aliphatic heterocycles. The zero-order chi connectivity index (χ0) is 20.7. The van der Waals surface area contributed by atoms with E-state index in [1.54, 1.807) is 18.2 Å². The molecule has 3 rings (SSSR count). The Bertz CT molecular complexity index is 966. The van der Waals surface area contributed by atoms with Crippen molar-refractivity contribution in [3.63, 3.8) is 0 Å². The van der Waals surface area contributed by atoms with Crippen LogP contribution in [0.1, 0.15) is 6.92 Å². The van der Waals surface area contributed by atoms with E-state index in [-0.39, 0.29) is 17.2 Å². The molecule has 2 atom stereocenters. The zero-order valence-electron chi connectivity index (χ0n) is 15.0. The fourth-order valence-corrected chi connectivity index (χ4v) is 3.49. The highest BCUT2D eigenvalue weighted by atomic mass is 31.2. The van der Waals surface area contributed by atoms with Crippen LogP contribution in [-0.4, -0.2) is 36.6 Å². The van der Waals surface area contributed by atoms with E-state index in [4.69, 9.17) is 16.6 Å². The third-order valence-corrected chi connectivity index (χ3v) is 6.02. The predicted octanol–water partition coefficient (Wildman–Crippen LogP) is 1.76. The van der Waals surface area contributed by atoms with Gasteiger partial charge >= 0.3 is 5.97 Å². The third kappa shape index (κ3) is 5.35. The molecule has 2 aromatic carbocycles. The maximum Gasteiger partial charge on any atom is 0.316 e. The molecule has 0 fully saturated rings. The summed E-state index contributed by atoms with van der Waals surface area (Å²) in [5.74, 6) is -0.497. The Balaban J connectivity index is 0.000000200.